The molecule has 0 heterocycles. The molecule has 0 aromatic heterocycles. The second-order valence-electron chi connectivity index (χ2n) is 5.19. The number of benzene rings is 2. The Kier molecular flexibility index (Phi) is 4.84. The molecule has 1 unspecified atom stereocenters. The maximum absolute atomic E-state index is 13.4. The Morgan fingerprint density at radius 1 is 1.15 bits per heavy atom. The lowest BCUT2D eigenvalue weighted by Crippen LogP contribution is -2.30. The fraction of sp³-hybridized carbons (Fsp3) is 0.250. The van der Waals surface area contributed by atoms with Crippen LogP contribution in [-0.4, -0.2) is 10.7 Å². The van der Waals surface area contributed by atoms with Crippen LogP contribution >= 0.6 is 27.5 Å². The van der Waals surface area contributed by atoms with Crippen molar-refractivity contribution in [1.82, 2.24) is 0 Å². The van der Waals surface area contributed by atoms with Gasteiger partial charge >= 0.3 is 0 Å². The van der Waals surface area contributed by atoms with Crippen molar-refractivity contribution in [3.05, 3.63) is 68.9 Å². The Bertz CT molecular complexity index is 596. The molecule has 1 atom stereocenters. The molecule has 0 amide bonds. The second kappa shape index (κ2) is 6.25. The van der Waals surface area contributed by atoms with Gasteiger partial charge in [-0.25, -0.2) is 4.39 Å². The van der Waals surface area contributed by atoms with Gasteiger partial charge in [-0.2, -0.15) is 0 Å². The van der Waals surface area contributed by atoms with E-state index in [0.29, 0.717) is 18.4 Å². The van der Waals surface area contributed by atoms with Crippen LogP contribution in [0.4, 0.5) is 4.39 Å². The molecule has 0 radical (unpaired) electrons. The number of hydrogen-bond donors (Lipinski definition) is 1. The summed E-state index contributed by atoms with van der Waals surface area (Å²) in [6.45, 7) is 1.73. The summed E-state index contributed by atoms with van der Waals surface area (Å²) in [5, 5.41) is 10.6. The summed E-state index contributed by atoms with van der Waals surface area (Å²) in [7, 11) is 0. The van der Waals surface area contributed by atoms with Gasteiger partial charge in [0, 0.05) is 17.3 Å². The maximum atomic E-state index is 13.4. The highest BCUT2D eigenvalue weighted by Crippen LogP contribution is 2.26. The Hall–Kier alpha value is -0.900. The van der Waals surface area contributed by atoms with Gasteiger partial charge < -0.3 is 5.11 Å². The third-order valence-corrected chi connectivity index (χ3v) is 4.05. The Labute approximate surface area is 131 Å². The van der Waals surface area contributed by atoms with Crippen LogP contribution in [-0.2, 0) is 12.8 Å². The van der Waals surface area contributed by atoms with E-state index in [2.05, 4.69) is 15.9 Å². The third-order valence-electron chi connectivity index (χ3n) is 3.10. The van der Waals surface area contributed by atoms with Gasteiger partial charge in [0.1, 0.15) is 5.82 Å². The number of aliphatic hydroxyl groups is 1. The molecule has 20 heavy (non-hydrogen) atoms. The zero-order valence-corrected chi connectivity index (χ0v) is 13.4. The minimum Gasteiger partial charge on any atom is -0.389 e. The van der Waals surface area contributed by atoms with Gasteiger partial charge in [0.25, 0.3) is 0 Å². The fourth-order valence-corrected chi connectivity index (χ4v) is 2.66. The fourth-order valence-electron chi connectivity index (χ4n) is 2.20. The second-order valence-corrected chi connectivity index (χ2v) is 6.48. The Morgan fingerprint density at radius 3 is 2.45 bits per heavy atom. The molecule has 2 rings (SSSR count). The van der Waals surface area contributed by atoms with E-state index in [4.69, 9.17) is 11.6 Å². The summed E-state index contributed by atoms with van der Waals surface area (Å²) in [6, 6.07) is 12.4. The van der Waals surface area contributed by atoms with Crippen LogP contribution in [0.5, 0.6) is 0 Å². The molecule has 0 bridgehead atoms. The molecule has 2 aromatic carbocycles. The van der Waals surface area contributed by atoms with E-state index < -0.39 is 11.4 Å². The maximum Gasteiger partial charge on any atom is 0.142 e. The average Bonchev–Trinajstić information content (AvgIpc) is 2.37. The van der Waals surface area contributed by atoms with Gasteiger partial charge in [0.05, 0.1) is 10.6 Å². The minimum absolute atomic E-state index is 0.0866. The van der Waals surface area contributed by atoms with Crippen molar-refractivity contribution in [2.45, 2.75) is 25.4 Å². The van der Waals surface area contributed by atoms with E-state index in [9.17, 15) is 9.50 Å². The Balaban J connectivity index is 2.14. The summed E-state index contributed by atoms with van der Waals surface area (Å²) in [6.07, 6.45) is 0.785. The van der Waals surface area contributed by atoms with E-state index in [1.807, 2.05) is 24.3 Å². The van der Waals surface area contributed by atoms with Crippen molar-refractivity contribution < 1.29 is 9.50 Å². The molecule has 4 heteroatoms. The van der Waals surface area contributed by atoms with Crippen molar-refractivity contribution in [1.29, 1.82) is 0 Å². The quantitative estimate of drug-likeness (QED) is 0.835. The molecule has 0 fully saturated rings. The topological polar surface area (TPSA) is 20.2 Å². The molecule has 106 valence electrons. The lowest BCUT2D eigenvalue weighted by Gasteiger charge is -2.24. The van der Waals surface area contributed by atoms with Gasteiger partial charge in [-0.15, -0.1) is 0 Å². The first-order chi connectivity index (χ1) is 9.37. The monoisotopic (exact) mass is 356 g/mol. The normalized spacial score (nSPS) is 14.1. The molecule has 0 aliphatic carbocycles. The van der Waals surface area contributed by atoms with Crippen LogP contribution in [0.2, 0.25) is 5.02 Å². The molecule has 1 N–H and O–H groups in total. The lowest BCUT2D eigenvalue weighted by molar-refractivity contribution is 0.0608. The third kappa shape index (κ3) is 4.05. The van der Waals surface area contributed by atoms with Crippen LogP contribution in [0.3, 0.4) is 0 Å². The van der Waals surface area contributed by atoms with Crippen LogP contribution in [0.15, 0.2) is 46.9 Å². The number of hydrogen-bond acceptors (Lipinski definition) is 1. The van der Waals surface area contributed by atoms with Crippen molar-refractivity contribution in [2.75, 3.05) is 0 Å². The van der Waals surface area contributed by atoms with Crippen molar-refractivity contribution >= 4 is 27.5 Å². The summed E-state index contributed by atoms with van der Waals surface area (Å²) in [5.41, 5.74) is 0.658. The van der Waals surface area contributed by atoms with E-state index in [1.54, 1.807) is 19.1 Å². The molecule has 2 aromatic rings. The van der Waals surface area contributed by atoms with Crippen LogP contribution in [0.25, 0.3) is 0 Å². The smallest absolute Gasteiger partial charge is 0.142 e. The SMILES string of the molecule is CC(O)(Cc1ccc(Br)cc1)Cc1cccc(F)c1Cl. The molecule has 0 spiro atoms. The highest BCUT2D eigenvalue weighted by molar-refractivity contribution is 9.10. The highest BCUT2D eigenvalue weighted by atomic mass is 79.9. The lowest BCUT2D eigenvalue weighted by atomic mass is 9.90. The first kappa shape index (κ1) is 15.5. The van der Waals surface area contributed by atoms with Crippen molar-refractivity contribution in [3.63, 3.8) is 0 Å². The van der Waals surface area contributed by atoms with E-state index >= 15 is 0 Å². The van der Waals surface area contributed by atoms with Crippen molar-refractivity contribution in [3.8, 4) is 0 Å². The molecule has 0 aliphatic heterocycles. The van der Waals surface area contributed by atoms with Crippen LogP contribution in [0, 0.1) is 5.82 Å². The van der Waals surface area contributed by atoms with Gasteiger partial charge in [-0.05, 0) is 36.2 Å². The van der Waals surface area contributed by atoms with Crippen LogP contribution in [0.1, 0.15) is 18.1 Å². The number of rotatable bonds is 4. The predicted molar refractivity (Wildman–Crippen MR) is 83.6 cm³/mol. The van der Waals surface area contributed by atoms with E-state index in [-0.39, 0.29) is 5.02 Å². The first-order valence-corrected chi connectivity index (χ1v) is 7.44. The summed E-state index contributed by atoms with van der Waals surface area (Å²) in [5.74, 6) is -0.455. The average molecular weight is 358 g/mol. The summed E-state index contributed by atoms with van der Waals surface area (Å²) < 4.78 is 14.4. The van der Waals surface area contributed by atoms with Gasteiger partial charge in [0.15, 0.2) is 0 Å². The Morgan fingerprint density at radius 2 is 1.80 bits per heavy atom. The zero-order chi connectivity index (χ0) is 14.8. The first-order valence-electron chi connectivity index (χ1n) is 6.27. The zero-order valence-electron chi connectivity index (χ0n) is 11.0. The van der Waals surface area contributed by atoms with E-state index in [0.717, 1.165) is 10.0 Å². The standard InChI is InChI=1S/C16H15BrClFO/c1-16(20,9-11-5-7-13(17)8-6-11)10-12-3-2-4-14(19)15(12)18/h2-8,20H,9-10H2,1H3. The minimum atomic E-state index is -0.981. The molecular weight excluding hydrogens is 343 g/mol. The van der Waals surface area contributed by atoms with Gasteiger partial charge in [-0.3, -0.25) is 0 Å². The van der Waals surface area contributed by atoms with E-state index in [1.165, 1.54) is 6.07 Å². The largest absolute Gasteiger partial charge is 0.389 e. The summed E-state index contributed by atoms with van der Waals surface area (Å²) >= 11 is 9.31. The highest BCUT2D eigenvalue weighted by Gasteiger charge is 2.23. The molecule has 0 aliphatic rings. The van der Waals surface area contributed by atoms with Gasteiger partial charge in [0.2, 0.25) is 0 Å². The van der Waals surface area contributed by atoms with Crippen LogP contribution < -0.4 is 0 Å². The predicted octanol–water partition coefficient (Wildman–Crippen LogP) is 4.78. The number of halogens is 3. The molecule has 0 saturated heterocycles. The molecule has 1 nitrogen and oxygen atoms in total. The molecule has 0 saturated carbocycles. The summed E-state index contributed by atoms with van der Waals surface area (Å²) in [4.78, 5) is 0. The van der Waals surface area contributed by atoms with Crippen molar-refractivity contribution in [2.24, 2.45) is 0 Å². The molecular formula is C16H15BrClFO. The van der Waals surface area contributed by atoms with Gasteiger partial charge in [-0.1, -0.05) is 51.8 Å².